The number of aryl methyl sites for hydroxylation is 2. The van der Waals surface area contributed by atoms with Crippen LogP contribution in [0.4, 0.5) is 0 Å². The predicted octanol–water partition coefficient (Wildman–Crippen LogP) is -0.510. The number of carboxylic acid groups (broad SMARTS) is 2. The minimum Gasteiger partial charge on any atom is -0.545 e. The zero-order chi connectivity index (χ0) is 14.0. The highest BCUT2D eigenvalue weighted by molar-refractivity contribution is 5.88. The molecule has 100 valence electrons. The van der Waals surface area contributed by atoms with Crippen molar-refractivity contribution in [2.24, 2.45) is 7.05 Å². The van der Waals surface area contributed by atoms with Crippen molar-refractivity contribution < 1.29 is 24.4 Å². The van der Waals surface area contributed by atoms with E-state index in [-0.39, 0.29) is 0 Å². The van der Waals surface area contributed by atoms with Crippen LogP contribution in [0.3, 0.4) is 0 Å². The van der Waals surface area contributed by atoms with E-state index in [0.717, 1.165) is 6.54 Å². The lowest BCUT2D eigenvalue weighted by molar-refractivity contribution is -0.671. The zero-order valence-electron chi connectivity index (χ0n) is 10.6. The van der Waals surface area contributed by atoms with E-state index in [1.54, 1.807) is 0 Å². The first-order valence-electron chi connectivity index (χ1n) is 5.58. The number of rotatable bonds is 5. The lowest BCUT2D eigenvalue weighted by atomic mass is 10.3. The molecule has 0 fully saturated rings. The third kappa shape index (κ3) is 9.14. The van der Waals surface area contributed by atoms with Gasteiger partial charge in [-0.15, -0.1) is 0 Å². The van der Waals surface area contributed by atoms with Gasteiger partial charge in [-0.05, 0) is 12.5 Å². The zero-order valence-corrected chi connectivity index (χ0v) is 10.6. The van der Waals surface area contributed by atoms with Crippen LogP contribution in [-0.4, -0.2) is 21.6 Å². The van der Waals surface area contributed by atoms with Crippen molar-refractivity contribution in [2.45, 2.75) is 26.3 Å². The maximum atomic E-state index is 9.53. The molecule has 1 aromatic rings. The van der Waals surface area contributed by atoms with Crippen LogP contribution in [0.25, 0.3) is 0 Å². The number of unbranched alkanes of at least 4 members (excludes halogenated alkanes) is 1. The molecule has 0 spiro atoms. The van der Waals surface area contributed by atoms with E-state index in [4.69, 9.17) is 5.11 Å². The average Bonchev–Trinajstić information content (AvgIpc) is 2.70. The largest absolute Gasteiger partial charge is 0.545 e. The van der Waals surface area contributed by atoms with Crippen LogP contribution in [0.2, 0.25) is 0 Å². The molecule has 1 rings (SSSR count). The van der Waals surface area contributed by atoms with Gasteiger partial charge < -0.3 is 15.0 Å². The van der Waals surface area contributed by atoms with Crippen LogP contribution in [0.15, 0.2) is 30.9 Å². The highest BCUT2D eigenvalue weighted by Crippen LogP contribution is 1.91. The minimum atomic E-state index is -1.51. The molecule has 1 heterocycles. The molecule has 0 saturated carbocycles. The Hall–Kier alpha value is -2.11. The summed E-state index contributed by atoms with van der Waals surface area (Å²) in [5, 5.41) is 17.2. The standard InChI is InChI=1S/C8H15N2.C4H4O4/c1-3-4-5-10-7-6-9(2)8-10;5-3(6)1-2-4(7)8/h6-8H,3-5H2,1-2H3;1-2H,(H,5,6)(H,7,8)/q+1;/p-1. The lowest BCUT2D eigenvalue weighted by Crippen LogP contribution is -2.23. The van der Waals surface area contributed by atoms with Crippen molar-refractivity contribution in [1.29, 1.82) is 0 Å². The summed E-state index contributed by atoms with van der Waals surface area (Å²) < 4.78 is 4.28. The van der Waals surface area contributed by atoms with Gasteiger partial charge in [-0.2, -0.15) is 0 Å². The van der Waals surface area contributed by atoms with E-state index < -0.39 is 11.9 Å². The van der Waals surface area contributed by atoms with Crippen molar-refractivity contribution >= 4 is 11.9 Å². The summed E-state index contributed by atoms with van der Waals surface area (Å²) in [5.41, 5.74) is 0. The Bertz CT molecular complexity index is 394. The maximum Gasteiger partial charge on any atom is 0.328 e. The summed E-state index contributed by atoms with van der Waals surface area (Å²) in [4.78, 5) is 19.0. The van der Waals surface area contributed by atoms with Gasteiger partial charge in [0.15, 0.2) is 0 Å². The molecule has 0 radical (unpaired) electrons. The monoisotopic (exact) mass is 254 g/mol. The second-order valence-electron chi connectivity index (χ2n) is 3.66. The smallest absolute Gasteiger partial charge is 0.328 e. The van der Waals surface area contributed by atoms with Gasteiger partial charge in [0.1, 0.15) is 12.4 Å². The summed E-state index contributed by atoms with van der Waals surface area (Å²) in [6, 6.07) is 0. The fourth-order valence-electron chi connectivity index (χ4n) is 1.11. The predicted molar refractivity (Wildman–Crippen MR) is 62.3 cm³/mol. The van der Waals surface area contributed by atoms with Gasteiger partial charge in [-0.25, -0.2) is 13.9 Å². The SMILES string of the molecule is CCCCn1cc[n+](C)c1.O=C([O-])C=CC(=O)O. The number of imidazole rings is 1. The quantitative estimate of drug-likeness (QED) is 0.566. The van der Waals surface area contributed by atoms with E-state index in [1.165, 1.54) is 12.8 Å². The van der Waals surface area contributed by atoms with E-state index in [0.29, 0.717) is 12.2 Å². The molecule has 0 aromatic carbocycles. The second-order valence-corrected chi connectivity index (χ2v) is 3.66. The lowest BCUT2D eigenvalue weighted by Gasteiger charge is -1.90. The highest BCUT2D eigenvalue weighted by atomic mass is 16.4. The normalized spacial score (nSPS) is 9.89. The molecule has 0 aliphatic rings. The van der Waals surface area contributed by atoms with Crippen molar-refractivity contribution in [3.8, 4) is 0 Å². The Kier molecular flexibility index (Phi) is 7.92. The Morgan fingerprint density at radius 1 is 1.44 bits per heavy atom. The molecular weight excluding hydrogens is 236 g/mol. The first kappa shape index (κ1) is 15.9. The number of carbonyl (C=O) groups is 2. The second kappa shape index (κ2) is 8.98. The minimum absolute atomic E-state index is 0.447. The summed E-state index contributed by atoms with van der Waals surface area (Å²) in [6.07, 6.45) is 9.76. The molecule has 0 aliphatic carbocycles. The Balaban J connectivity index is 0.000000331. The summed E-state index contributed by atoms with van der Waals surface area (Å²) >= 11 is 0. The van der Waals surface area contributed by atoms with E-state index in [1.807, 2.05) is 7.05 Å². The van der Waals surface area contributed by atoms with Crippen LogP contribution >= 0.6 is 0 Å². The number of carbonyl (C=O) groups excluding carboxylic acids is 1. The molecule has 1 aromatic heterocycles. The molecule has 0 saturated heterocycles. The van der Waals surface area contributed by atoms with E-state index in [2.05, 4.69) is 34.8 Å². The highest BCUT2D eigenvalue weighted by Gasteiger charge is 1.96. The number of aliphatic carboxylic acids is 2. The van der Waals surface area contributed by atoms with Crippen LogP contribution in [-0.2, 0) is 23.2 Å². The summed E-state index contributed by atoms with van der Waals surface area (Å²) in [5.74, 6) is -2.80. The fourth-order valence-corrected chi connectivity index (χ4v) is 1.11. The number of nitrogens with zero attached hydrogens (tertiary/aromatic N) is 2. The Morgan fingerprint density at radius 2 is 2.11 bits per heavy atom. The number of hydrogen-bond acceptors (Lipinski definition) is 3. The van der Waals surface area contributed by atoms with E-state index in [9.17, 15) is 14.7 Å². The number of carboxylic acids is 2. The van der Waals surface area contributed by atoms with Gasteiger partial charge in [-0.1, -0.05) is 13.3 Å². The van der Waals surface area contributed by atoms with Gasteiger partial charge in [0.2, 0.25) is 6.33 Å². The third-order valence-electron chi connectivity index (χ3n) is 1.96. The molecule has 0 aliphatic heterocycles. The van der Waals surface area contributed by atoms with Crippen LogP contribution in [0, 0.1) is 0 Å². The molecule has 18 heavy (non-hydrogen) atoms. The van der Waals surface area contributed by atoms with Crippen LogP contribution in [0.5, 0.6) is 0 Å². The Labute approximate surface area is 106 Å². The van der Waals surface area contributed by atoms with Gasteiger partial charge in [0.25, 0.3) is 0 Å². The molecule has 0 atom stereocenters. The Morgan fingerprint density at radius 3 is 2.44 bits per heavy atom. The first-order valence-corrected chi connectivity index (χ1v) is 5.58. The van der Waals surface area contributed by atoms with Crippen molar-refractivity contribution in [1.82, 2.24) is 4.57 Å². The topological polar surface area (TPSA) is 86.2 Å². The van der Waals surface area contributed by atoms with Crippen molar-refractivity contribution in [3.05, 3.63) is 30.9 Å². The van der Waals surface area contributed by atoms with Gasteiger partial charge in [0.05, 0.1) is 19.6 Å². The molecule has 6 heteroatoms. The molecule has 0 unspecified atom stereocenters. The molecule has 0 bridgehead atoms. The summed E-state index contributed by atoms with van der Waals surface area (Å²) in [6.45, 7) is 3.36. The molecular formula is C12H18N2O4. The number of hydrogen-bond donors (Lipinski definition) is 1. The maximum absolute atomic E-state index is 9.53. The van der Waals surface area contributed by atoms with Crippen LogP contribution in [0.1, 0.15) is 19.8 Å². The third-order valence-corrected chi connectivity index (χ3v) is 1.96. The van der Waals surface area contributed by atoms with E-state index >= 15 is 0 Å². The van der Waals surface area contributed by atoms with Gasteiger partial charge in [-0.3, -0.25) is 0 Å². The molecule has 0 amide bonds. The van der Waals surface area contributed by atoms with Gasteiger partial charge >= 0.3 is 5.97 Å². The molecule has 1 N–H and O–H groups in total. The average molecular weight is 254 g/mol. The number of aromatic nitrogens is 2. The van der Waals surface area contributed by atoms with Crippen molar-refractivity contribution in [2.75, 3.05) is 0 Å². The molecule has 6 nitrogen and oxygen atoms in total. The summed E-state index contributed by atoms with van der Waals surface area (Å²) in [7, 11) is 2.04. The fraction of sp³-hybridized carbons (Fsp3) is 0.417. The van der Waals surface area contributed by atoms with Gasteiger partial charge in [0, 0.05) is 6.08 Å². The van der Waals surface area contributed by atoms with Crippen molar-refractivity contribution in [3.63, 3.8) is 0 Å². The first-order chi connectivity index (χ1) is 8.45. The van der Waals surface area contributed by atoms with Crippen LogP contribution < -0.4 is 9.67 Å².